The van der Waals surface area contributed by atoms with Crippen molar-refractivity contribution in [2.75, 3.05) is 6.61 Å². The molecule has 0 fully saturated rings. The molecule has 1 atom stereocenters. The molecular formula is C12H12Cl2FNO3. The van der Waals surface area contributed by atoms with E-state index in [0.29, 0.717) is 0 Å². The van der Waals surface area contributed by atoms with Crippen molar-refractivity contribution in [2.45, 2.75) is 19.9 Å². The molecule has 7 heteroatoms. The first kappa shape index (κ1) is 15.7. The smallest absolute Gasteiger partial charge is 0.328 e. The molecule has 0 spiro atoms. The van der Waals surface area contributed by atoms with E-state index in [1.807, 2.05) is 0 Å². The van der Waals surface area contributed by atoms with Gasteiger partial charge in [0.2, 0.25) is 0 Å². The third-order valence-corrected chi connectivity index (χ3v) is 2.84. The number of carbonyl (C=O) groups is 2. The Morgan fingerprint density at radius 3 is 2.58 bits per heavy atom. The van der Waals surface area contributed by atoms with Gasteiger partial charge in [0.25, 0.3) is 5.91 Å². The summed E-state index contributed by atoms with van der Waals surface area (Å²) < 4.78 is 18.0. The normalized spacial score (nSPS) is 11.8. The fraction of sp³-hybridized carbons (Fsp3) is 0.333. The summed E-state index contributed by atoms with van der Waals surface area (Å²) in [6, 6.07) is 1.18. The van der Waals surface area contributed by atoms with Gasteiger partial charge in [0.05, 0.1) is 22.2 Å². The van der Waals surface area contributed by atoms with Gasteiger partial charge in [-0.3, -0.25) is 4.79 Å². The van der Waals surface area contributed by atoms with Crippen molar-refractivity contribution in [1.82, 2.24) is 5.32 Å². The summed E-state index contributed by atoms with van der Waals surface area (Å²) in [6.07, 6.45) is 0. The van der Waals surface area contributed by atoms with Crippen molar-refractivity contribution in [3.05, 3.63) is 33.6 Å². The second kappa shape index (κ2) is 6.73. The van der Waals surface area contributed by atoms with Crippen molar-refractivity contribution >= 4 is 35.1 Å². The molecule has 0 aliphatic rings. The lowest BCUT2D eigenvalue weighted by atomic mass is 10.2. The summed E-state index contributed by atoms with van der Waals surface area (Å²) >= 11 is 11.3. The van der Waals surface area contributed by atoms with Crippen LogP contribution in [0.15, 0.2) is 12.1 Å². The Morgan fingerprint density at radius 1 is 1.37 bits per heavy atom. The molecule has 0 aromatic heterocycles. The van der Waals surface area contributed by atoms with Gasteiger partial charge in [0.15, 0.2) is 0 Å². The maximum Gasteiger partial charge on any atom is 0.328 e. The fourth-order valence-corrected chi connectivity index (χ4v) is 1.77. The minimum atomic E-state index is -0.859. The molecular weight excluding hydrogens is 296 g/mol. The first-order chi connectivity index (χ1) is 8.86. The molecule has 4 nitrogen and oxygen atoms in total. The molecule has 104 valence electrons. The van der Waals surface area contributed by atoms with Crippen molar-refractivity contribution in [3.63, 3.8) is 0 Å². The number of esters is 1. The largest absolute Gasteiger partial charge is 0.464 e. The van der Waals surface area contributed by atoms with E-state index in [0.717, 1.165) is 12.1 Å². The van der Waals surface area contributed by atoms with Gasteiger partial charge in [0.1, 0.15) is 11.9 Å². The average molecular weight is 308 g/mol. The third-order valence-electron chi connectivity index (χ3n) is 2.24. The maximum atomic E-state index is 13.3. The lowest BCUT2D eigenvalue weighted by Gasteiger charge is -2.13. The zero-order chi connectivity index (χ0) is 14.6. The van der Waals surface area contributed by atoms with Crippen LogP contribution in [-0.2, 0) is 9.53 Å². The first-order valence-electron chi connectivity index (χ1n) is 5.48. The topological polar surface area (TPSA) is 55.4 Å². The number of halogens is 3. The van der Waals surface area contributed by atoms with Crippen LogP contribution >= 0.6 is 23.2 Å². The van der Waals surface area contributed by atoms with Crippen LogP contribution in [0.4, 0.5) is 4.39 Å². The third kappa shape index (κ3) is 4.08. The van der Waals surface area contributed by atoms with E-state index in [9.17, 15) is 14.0 Å². The van der Waals surface area contributed by atoms with Gasteiger partial charge in [-0.25, -0.2) is 9.18 Å². The van der Waals surface area contributed by atoms with E-state index >= 15 is 0 Å². The Labute approximate surface area is 119 Å². The summed E-state index contributed by atoms with van der Waals surface area (Å²) in [5.74, 6) is -2.03. The van der Waals surface area contributed by atoms with Crippen LogP contribution in [0.1, 0.15) is 24.2 Å². The Kier molecular flexibility index (Phi) is 5.57. The van der Waals surface area contributed by atoms with Crippen LogP contribution < -0.4 is 5.32 Å². The van der Waals surface area contributed by atoms with Gasteiger partial charge in [0, 0.05) is 0 Å². The number of ether oxygens (including phenoxy) is 1. The van der Waals surface area contributed by atoms with E-state index in [1.54, 1.807) is 6.92 Å². The SMILES string of the molecule is CCOC(=O)C(C)NC(=O)c1cc(F)c(Cl)cc1Cl. The standard InChI is InChI=1S/C12H12Cl2FNO3/c1-3-19-12(18)6(2)16-11(17)7-4-10(15)9(14)5-8(7)13/h4-6H,3H2,1-2H3,(H,16,17). The van der Waals surface area contributed by atoms with E-state index in [1.165, 1.54) is 6.92 Å². The second-order valence-electron chi connectivity index (χ2n) is 3.69. The molecule has 1 N–H and O–H groups in total. The highest BCUT2D eigenvalue weighted by Gasteiger charge is 2.20. The van der Waals surface area contributed by atoms with Crippen LogP contribution in [0.2, 0.25) is 10.0 Å². The highest BCUT2D eigenvalue weighted by atomic mass is 35.5. The van der Waals surface area contributed by atoms with Gasteiger partial charge in [-0.15, -0.1) is 0 Å². The lowest BCUT2D eigenvalue weighted by Crippen LogP contribution is -2.39. The molecule has 1 aromatic carbocycles. The monoisotopic (exact) mass is 307 g/mol. The molecule has 0 saturated heterocycles. The molecule has 0 bridgehead atoms. The lowest BCUT2D eigenvalue weighted by molar-refractivity contribution is -0.144. The summed E-state index contributed by atoms with van der Waals surface area (Å²) in [7, 11) is 0. The van der Waals surface area contributed by atoms with Crippen LogP contribution in [-0.4, -0.2) is 24.5 Å². The van der Waals surface area contributed by atoms with Gasteiger partial charge >= 0.3 is 5.97 Å². The van der Waals surface area contributed by atoms with E-state index < -0.39 is 23.7 Å². The average Bonchev–Trinajstić information content (AvgIpc) is 2.33. The van der Waals surface area contributed by atoms with Crippen LogP contribution in [0.25, 0.3) is 0 Å². The number of amides is 1. The van der Waals surface area contributed by atoms with E-state index in [4.69, 9.17) is 27.9 Å². The molecule has 0 aliphatic heterocycles. The van der Waals surface area contributed by atoms with Crippen LogP contribution in [0.3, 0.4) is 0 Å². The zero-order valence-electron chi connectivity index (χ0n) is 10.3. The van der Waals surface area contributed by atoms with Gasteiger partial charge in [-0.1, -0.05) is 23.2 Å². The van der Waals surface area contributed by atoms with Crippen molar-refractivity contribution in [2.24, 2.45) is 0 Å². The molecule has 1 unspecified atom stereocenters. The number of benzene rings is 1. The van der Waals surface area contributed by atoms with Crippen LogP contribution in [0.5, 0.6) is 0 Å². The highest BCUT2D eigenvalue weighted by molar-refractivity contribution is 6.36. The molecule has 0 radical (unpaired) electrons. The van der Waals surface area contributed by atoms with Gasteiger partial charge < -0.3 is 10.1 Å². The summed E-state index contributed by atoms with van der Waals surface area (Å²) in [4.78, 5) is 23.2. The van der Waals surface area contributed by atoms with Gasteiger partial charge in [-0.2, -0.15) is 0 Å². The van der Waals surface area contributed by atoms with Crippen LogP contribution in [0, 0.1) is 5.82 Å². The second-order valence-corrected chi connectivity index (χ2v) is 4.51. The molecule has 1 aromatic rings. The highest BCUT2D eigenvalue weighted by Crippen LogP contribution is 2.24. The van der Waals surface area contributed by atoms with Crippen molar-refractivity contribution in [1.29, 1.82) is 0 Å². The minimum Gasteiger partial charge on any atom is -0.464 e. The van der Waals surface area contributed by atoms with Gasteiger partial charge in [-0.05, 0) is 26.0 Å². The molecule has 0 aliphatic carbocycles. The number of hydrogen-bond acceptors (Lipinski definition) is 3. The predicted molar refractivity (Wildman–Crippen MR) is 70.0 cm³/mol. The van der Waals surface area contributed by atoms with Crippen molar-refractivity contribution in [3.8, 4) is 0 Å². The Hall–Kier alpha value is -1.33. The van der Waals surface area contributed by atoms with E-state index in [-0.39, 0.29) is 22.2 Å². The number of rotatable bonds is 4. The Bertz CT molecular complexity index is 508. The molecule has 19 heavy (non-hydrogen) atoms. The summed E-state index contributed by atoms with van der Waals surface area (Å²) in [6.45, 7) is 3.31. The van der Waals surface area contributed by atoms with Crippen molar-refractivity contribution < 1.29 is 18.7 Å². The summed E-state index contributed by atoms with van der Waals surface area (Å²) in [5.41, 5.74) is -0.0975. The molecule has 0 heterocycles. The quantitative estimate of drug-likeness (QED) is 0.687. The molecule has 0 saturated carbocycles. The predicted octanol–water partition coefficient (Wildman–Crippen LogP) is 2.81. The number of carbonyl (C=O) groups excluding carboxylic acids is 2. The number of hydrogen-bond donors (Lipinski definition) is 1. The molecule has 1 amide bonds. The Balaban J connectivity index is 2.84. The minimum absolute atomic E-state index is 0.0000381. The summed E-state index contributed by atoms with van der Waals surface area (Å²) in [5, 5.41) is 2.18. The van der Waals surface area contributed by atoms with E-state index in [2.05, 4.69) is 5.32 Å². The maximum absolute atomic E-state index is 13.3. The Morgan fingerprint density at radius 2 is 2.00 bits per heavy atom. The zero-order valence-corrected chi connectivity index (χ0v) is 11.8. The number of nitrogens with one attached hydrogen (secondary N) is 1. The first-order valence-corrected chi connectivity index (χ1v) is 6.24. The molecule has 1 rings (SSSR count). The fourth-order valence-electron chi connectivity index (χ4n) is 1.30.